The lowest BCUT2D eigenvalue weighted by molar-refractivity contribution is -0.139. The van der Waals surface area contributed by atoms with E-state index < -0.39 is 49.0 Å². The van der Waals surface area contributed by atoms with Gasteiger partial charge in [0.2, 0.25) is 30.0 Å². The average molecular weight is 1030 g/mol. The van der Waals surface area contributed by atoms with Crippen molar-refractivity contribution in [2.24, 2.45) is 16.5 Å². The number of hydrogen-bond acceptors (Lipinski definition) is 17. The van der Waals surface area contributed by atoms with Gasteiger partial charge in [0.25, 0.3) is 5.91 Å². The minimum Gasteiger partial charge on any atom is -0.480 e. The van der Waals surface area contributed by atoms with Gasteiger partial charge >= 0.3 is 19.1 Å². The van der Waals surface area contributed by atoms with Gasteiger partial charge in [0.15, 0.2) is 5.96 Å². The van der Waals surface area contributed by atoms with Crippen molar-refractivity contribution in [3.05, 3.63) is 35.4 Å². The number of nitrogens with one attached hydrogen (secondary N) is 3. The number of amides is 6. The van der Waals surface area contributed by atoms with Gasteiger partial charge < -0.3 is 67.5 Å². The molecule has 27 nitrogen and oxygen atoms in total. The molecule has 0 saturated carbocycles. The predicted octanol–water partition coefficient (Wildman–Crippen LogP) is -6.20. The van der Waals surface area contributed by atoms with E-state index in [1.165, 1.54) is 4.90 Å². The van der Waals surface area contributed by atoms with Crippen LogP contribution < -0.4 is 27.4 Å². The van der Waals surface area contributed by atoms with Crippen molar-refractivity contribution in [3.63, 3.8) is 0 Å². The highest BCUT2D eigenvalue weighted by atomic mass is 16.4. The van der Waals surface area contributed by atoms with Gasteiger partial charge in [-0.25, -0.2) is 0 Å². The third-order valence-corrected chi connectivity index (χ3v) is 12.3. The van der Waals surface area contributed by atoms with E-state index in [2.05, 4.69) is 20.9 Å². The highest BCUT2D eigenvalue weighted by Crippen LogP contribution is 2.16. The Balaban J connectivity index is 0.00000112. The average Bonchev–Trinajstić information content (AvgIpc) is 3.73. The number of piperazine rings is 1. The number of β-amino-alcohol motifs (C(OH)–C–C–N with tert-alkyl or cyclic N) is 1. The summed E-state index contributed by atoms with van der Waals surface area (Å²) in [6.45, 7) is 6.50. The summed E-state index contributed by atoms with van der Waals surface area (Å²) in [4.78, 5) is 116. The van der Waals surface area contributed by atoms with E-state index in [1.54, 1.807) is 62.9 Å². The van der Waals surface area contributed by atoms with Crippen LogP contribution in [0.2, 0.25) is 0 Å². The SMILES string of the molecule is CCNC(=O)c1ccc(CNC(=O)CN2CCN(C(=O)C(CCCN=C(N)N(C)C)NC(=O)CN3CCN(CC(=O)O)CCN(CC(N)=O)CCN(CC(=O)O)CC3)CC2)cc1.O=CN1CC(O)CC1B(O)O. The Kier molecular flexibility index (Phi) is 27.1. The van der Waals surface area contributed by atoms with Crippen LogP contribution in [0.25, 0.3) is 0 Å². The number of aliphatic carboxylic acids is 2. The topological polar surface area (TPSA) is 364 Å². The number of carboxylic acid groups (broad SMARTS) is 2. The number of carboxylic acids is 2. The summed E-state index contributed by atoms with van der Waals surface area (Å²) in [6, 6.07) is 6.13. The van der Waals surface area contributed by atoms with Crippen LogP contribution in [0.15, 0.2) is 29.3 Å². The van der Waals surface area contributed by atoms with Crippen molar-refractivity contribution in [2.45, 2.75) is 50.8 Å². The summed E-state index contributed by atoms with van der Waals surface area (Å²) in [5.41, 5.74) is 12.8. The first-order chi connectivity index (χ1) is 34.7. The van der Waals surface area contributed by atoms with Gasteiger partial charge in [-0.2, -0.15) is 0 Å². The summed E-state index contributed by atoms with van der Waals surface area (Å²) in [7, 11) is 1.97. The molecular weight excluding hydrogens is 955 g/mol. The standard InChI is InChI=1S/C40H67N13O9.C5H10BNO4/c1-4-43-38(61)31-9-7-30(8-10-31)24-45-34(55)26-50-20-22-53(23-21-50)39(62)32(6-5-11-44-40(42)47(2)3)46-35(56)27-49-14-18-51(28-36(57)58)16-12-48(25-33(41)54)13-17-52(19-15-49)29-37(59)60;8-3-7-2-4(9)1-5(7)6(10)11/h7-10,32H,4-6,11-29H2,1-3H3,(H2,41,54)(H2,42,44)(H,43,61)(H,45,55)(H,46,56)(H,57,58)(H,59,60);3-5,9-11H,1-2H2. The normalized spacial score (nSPS) is 19.5. The molecule has 6 amide bonds. The number of carbonyl (C=O) groups excluding carboxylic acids is 6. The van der Waals surface area contributed by atoms with Crippen molar-refractivity contribution >= 4 is 61.0 Å². The maximum atomic E-state index is 14.0. The smallest absolute Gasteiger partial charge is 0.475 e. The van der Waals surface area contributed by atoms with Crippen LogP contribution in [0.3, 0.4) is 0 Å². The third-order valence-electron chi connectivity index (χ3n) is 12.3. The molecule has 0 radical (unpaired) electrons. The Bertz CT molecular complexity index is 1950. The minimum atomic E-state index is -1.56. The fourth-order valence-corrected chi connectivity index (χ4v) is 8.27. The molecular formula is C45H77BN14O13. The van der Waals surface area contributed by atoms with Crippen LogP contribution in [0.4, 0.5) is 0 Å². The van der Waals surface area contributed by atoms with Crippen molar-refractivity contribution in [2.75, 3.05) is 145 Å². The molecule has 3 aliphatic heterocycles. The molecule has 4 rings (SSSR count). The van der Waals surface area contributed by atoms with Crippen molar-refractivity contribution in [1.82, 2.24) is 55.1 Å². The largest absolute Gasteiger partial charge is 0.480 e. The van der Waals surface area contributed by atoms with E-state index >= 15 is 0 Å². The number of nitrogens with zero attached hydrogens (tertiary/aromatic N) is 9. The molecule has 3 fully saturated rings. The number of hydrogen-bond donors (Lipinski definition) is 10. The number of primary amides is 1. The molecule has 3 saturated heterocycles. The monoisotopic (exact) mass is 1030 g/mol. The quantitative estimate of drug-likeness (QED) is 0.0170. The zero-order valence-corrected chi connectivity index (χ0v) is 42.3. The number of guanidine groups is 1. The maximum Gasteiger partial charge on any atom is 0.475 e. The Labute approximate surface area is 426 Å². The van der Waals surface area contributed by atoms with E-state index in [1.807, 2.05) is 16.7 Å². The predicted molar refractivity (Wildman–Crippen MR) is 268 cm³/mol. The lowest BCUT2D eigenvalue weighted by Gasteiger charge is -2.36. The number of aliphatic imine (C=N–C) groups is 1. The molecule has 28 heteroatoms. The number of nitrogens with two attached hydrogens (primary N) is 2. The van der Waals surface area contributed by atoms with E-state index in [0.29, 0.717) is 96.3 Å². The molecule has 0 aliphatic carbocycles. The molecule has 3 heterocycles. The molecule has 3 unspecified atom stereocenters. The fraction of sp³-hybridized carbons (Fsp3) is 0.667. The molecule has 12 N–H and O–H groups in total. The van der Waals surface area contributed by atoms with Gasteiger partial charge in [-0.05, 0) is 43.9 Å². The number of aliphatic hydroxyl groups is 1. The summed E-state index contributed by atoms with van der Waals surface area (Å²) in [5, 5.41) is 54.2. The van der Waals surface area contributed by atoms with Crippen molar-refractivity contribution in [1.29, 1.82) is 0 Å². The zero-order valence-electron chi connectivity index (χ0n) is 42.3. The van der Waals surface area contributed by atoms with Gasteiger partial charge in [-0.1, -0.05) is 12.1 Å². The van der Waals surface area contributed by atoms with Crippen LogP contribution >= 0.6 is 0 Å². The second-order valence-electron chi connectivity index (χ2n) is 18.4. The van der Waals surface area contributed by atoms with Crippen LogP contribution in [0, 0.1) is 0 Å². The first-order valence-corrected chi connectivity index (χ1v) is 24.5. The molecule has 0 spiro atoms. The summed E-state index contributed by atoms with van der Waals surface area (Å²) in [6.07, 6.45) is 0.844. The molecule has 73 heavy (non-hydrogen) atoms. The van der Waals surface area contributed by atoms with Crippen LogP contribution in [-0.4, -0.2) is 289 Å². The Morgan fingerprint density at radius 2 is 1.25 bits per heavy atom. The molecule has 1 aromatic carbocycles. The van der Waals surface area contributed by atoms with Gasteiger partial charge in [0.1, 0.15) is 6.04 Å². The summed E-state index contributed by atoms with van der Waals surface area (Å²) >= 11 is 0. The number of benzene rings is 1. The van der Waals surface area contributed by atoms with Gasteiger partial charge in [0.05, 0.1) is 44.8 Å². The number of aliphatic hydroxyl groups excluding tert-OH is 1. The summed E-state index contributed by atoms with van der Waals surface area (Å²) in [5.74, 6) is -3.97. The van der Waals surface area contributed by atoms with Gasteiger partial charge in [0, 0.05) is 124 Å². The maximum absolute atomic E-state index is 14.0. The minimum absolute atomic E-state index is 0.0594. The van der Waals surface area contributed by atoms with E-state index in [-0.39, 0.29) is 96.0 Å². The molecule has 408 valence electrons. The highest BCUT2D eigenvalue weighted by Gasteiger charge is 2.38. The lowest BCUT2D eigenvalue weighted by atomic mass is 9.78. The first kappa shape index (κ1) is 61.3. The third kappa shape index (κ3) is 23.6. The molecule has 0 bridgehead atoms. The first-order valence-electron chi connectivity index (χ1n) is 24.5. The molecule has 3 aliphatic rings. The second-order valence-corrected chi connectivity index (χ2v) is 18.4. The van der Waals surface area contributed by atoms with Gasteiger partial charge in [-0.15, -0.1) is 0 Å². The molecule has 1 aromatic rings. The Morgan fingerprint density at radius 3 is 1.70 bits per heavy atom. The van der Waals surface area contributed by atoms with E-state index in [4.69, 9.17) is 26.6 Å². The Morgan fingerprint density at radius 1 is 0.753 bits per heavy atom. The van der Waals surface area contributed by atoms with Crippen molar-refractivity contribution < 1.29 is 63.7 Å². The number of rotatable bonds is 22. The van der Waals surface area contributed by atoms with Crippen LogP contribution in [-0.2, 0) is 40.1 Å². The molecule has 0 aromatic heterocycles. The lowest BCUT2D eigenvalue weighted by Crippen LogP contribution is -2.57. The van der Waals surface area contributed by atoms with Crippen LogP contribution in [0.1, 0.15) is 42.1 Å². The fourth-order valence-electron chi connectivity index (χ4n) is 8.27. The van der Waals surface area contributed by atoms with E-state index in [0.717, 1.165) is 5.56 Å². The van der Waals surface area contributed by atoms with E-state index in [9.17, 15) is 48.6 Å². The highest BCUT2D eigenvalue weighted by molar-refractivity contribution is 6.43. The summed E-state index contributed by atoms with van der Waals surface area (Å²) < 4.78 is 0. The van der Waals surface area contributed by atoms with Crippen molar-refractivity contribution in [3.8, 4) is 0 Å². The number of likely N-dealkylation sites (tertiary alicyclic amines) is 1. The Hall–Kier alpha value is -6.01. The molecule has 3 atom stereocenters. The second kappa shape index (κ2) is 32.2. The number of carbonyl (C=O) groups is 8. The zero-order chi connectivity index (χ0) is 54.0. The van der Waals surface area contributed by atoms with Crippen LogP contribution in [0.5, 0.6) is 0 Å². The van der Waals surface area contributed by atoms with Gasteiger partial charge in [-0.3, -0.25) is 67.8 Å².